The molecule has 0 unspecified atom stereocenters. The molecule has 2 aromatic heterocycles. The Hall–Kier alpha value is -3.18. The van der Waals surface area contributed by atoms with Crippen molar-refractivity contribution in [2.45, 2.75) is 31.3 Å². The topological polar surface area (TPSA) is 61.2 Å². The van der Waals surface area contributed by atoms with Crippen LogP contribution in [0.15, 0.2) is 76.1 Å². The van der Waals surface area contributed by atoms with Gasteiger partial charge in [-0.1, -0.05) is 54.6 Å². The summed E-state index contributed by atoms with van der Waals surface area (Å²) in [4.78, 5) is 12.9. The highest BCUT2D eigenvalue weighted by atomic mass is 19.1. The van der Waals surface area contributed by atoms with Crippen molar-refractivity contribution in [2.24, 2.45) is 5.73 Å². The fraction of sp³-hybridized carbons (Fsp3) is 0.240. The summed E-state index contributed by atoms with van der Waals surface area (Å²) in [5.74, 6) is 0.637. The van der Waals surface area contributed by atoms with E-state index in [1.807, 2.05) is 48.5 Å². The SMILES string of the molecule is NC1(c2ccc(-c3oc4c(=O)n(CCF)ccc4c3-c3ccccc3)cc2)CCC1. The predicted octanol–water partition coefficient (Wildman–Crippen LogP) is 5.24. The Balaban J connectivity index is 1.70. The van der Waals surface area contributed by atoms with Crippen LogP contribution in [0.5, 0.6) is 0 Å². The molecule has 30 heavy (non-hydrogen) atoms. The maximum atomic E-state index is 12.9. The molecule has 0 bridgehead atoms. The summed E-state index contributed by atoms with van der Waals surface area (Å²) in [6, 6.07) is 19.8. The maximum absolute atomic E-state index is 12.9. The molecule has 2 aromatic carbocycles. The van der Waals surface area contributed by atoms with Crippen LogP contribution >= 0.6 is 0 Å². The first-order valence-electron chi connectivity index (χ1n) is 10.3. The van der Waals surface area contributed by atoms with Crippen LogP contribution in [0, 0.1) is 0 Å². The lowest BCUT2D eigenvalue weighted by molar-refractivity contribution is 0.253. The van der Waals surface area contributed by atoms with Crippen molar-refractivity contribution >= 4 is 11.0 Å². The largest absolute Gasteiger partial charge is 0.450 e. The first-order chi connectivity index (χ1) is 14.6. The van der Waals surface area contributed by atoms with Crippen molar-refractivity contribution in [3.63, 3.8) is 0 Å². The Morgan fingerprint density at radius 3 is 2.37 bits per heavy atom. The number of rotatable bonds is 5. The van der Waals surface area contributed by atoms with Gasteiger partial charge in [-0.05, 0) is 36.5 Å². The highest BCUT2D eigenvalue weighted by Gasteiger charge is 2.34. The zero-order valence-electron chi connectivity index (χ0n) is 16.6. The van der Waals surface area contributed by atoms with E-state index in [0.29, 0.717) is 5.76 Å². The van der Waals surface area contributed by atoms with E-state index in [0.717, 1.165) is 46.9 Å². The van der Waals surface area contributed by atoms with Crippen molar-refractivity contribution in [1.82, 2.24) is 4.57 Å². The Bertz CT molecular complexity index is 1250. The van der Waals surface area contributed by atoms with Crippen LogP contribution in [-0.4, -0.2) is 11.2 Å². The molecular formula is C25H23FN2O2. The van der Waals surface area contributed by atoms with E-state index >= 15 is 0 Å². The number of pyridine rings is 1. The molecule has 4 nitrogen and oxygen atoms in total. The van der Waals surface area contributed by atoms with Crippen LogP contribution in [0.2, 0.25) is 0 Å². The number of nitrogens with zero attached hydrogens (tertiary/aromatic N) is 1. The van der Waals surface area contributed by atoms with Crippen molar-refractivity contribution in [3.05, 3.63) is 82.8 Å². The Labute approximate surface area is 173 Å². The molecule has 0 spiro atoms. The van der Waals surface area contributed by atoms with Gasteiger partial charge < -0.3 is 14.7 Å². The van der Waals surface area contributed by atoms with E-state index in [4.69, 9.17) is 10.2 Å². The number of hydrogen-bond donors (Lipinski definition) is 1. The van der Waals surface area contributed by atoms with Crippen LogP contribution in [0.3, 0.4) is 0 Å². The number of aromatic nitrogens is 1. The molecule has 1 fully saturated rings. The van der Waals surface area contributed by atoms with E-state index in [-0.39, 0.29) is 23.2 Å². The van der Waals surface area contributed by atoms with Crippen molar-refractivity contribution < 1.29 is 8.81 Å². The second-order valence-corrected chi connectivity index (χ2v) is 8.01. The first-order valence-corrected chi connectivity index (χ1v) is 10.3. The first kappa shape index (κ1) is 18.8. The summed E-state index contributed by atoms with van der Waals surface area (Å²) in [5.41, 5.74) is 10.0. The molecule has 1 aliphatic carbocycles. The molecule has 0 atom stereocenters. The Kier molecular flexibility index (Phi) is 4.55. The third-order valence-electron chi connectivity index (χ3n) is 6.18. The Morgan fingerprint density at radius 1 is 1.00 bits per heavy atom. The van der Waals surface area contributed by atoms with Gasteiger partial charge in [0, 0.05) is 28.2 Å². The minimum atomic E-state index is -0.604. The summed E-state index contributed by atoms with van der Waals surface area (Å²) in [5, 5.41) is 0.731. The van der Waals surface area contributed by atoms with E-state index in [1.165, 1.54) is 4.57 Å². The molecule has 152 valence electrons. The van der Waals surface area contributed by atoms with Gasteiger partial charge in [0.2, 0.25) is 5.58 Å². The van der Waals surface area contributed by atoms with Gasteiger partial charge in [0.05, 0.1) is 6.54 Å². The molecule has 0 amide bonds. The lowest BCUT2D eigenvalue weighted by Crippen LogP contribution is -2.43. The number of alkyl halides is 1. The van der Waals surface area contributed by atoms with Gasteiger partial charge in [-0.2, -0.15) is 0 Å². The molecule has 4 aromatic rings. The summed E-state index contributed by atoms with van der Waals surface area (Å²) in [6.07, 6.45) is 4.79. The van der Waals surface area contributed by atoms with Crippen molar-refractivity contribution in [1.29, 1.82) is 0 Å². The standard InChI is InChI=1S/C25H23FN2O2/c26-14-16-28-15-11-20-21(17-5-2-1-3-6-17)22(30-23(20)24(28)29)18-7-9-19(10-8-18)25(27)12-4-13-25/h1-3,5-11,15H,4,12-14,16,27H2. The summed E-state index contributed by atoms with van der Waals surface area (Å²) in [7, 11) is 0. The fourth-order valence-electron chi connectivity index (χ4n) is 4.29. The third-order valence-corrected chi connectivity index (χ3v) is 6.18. The lowest BCUT2D eigenvalue weighted by Gasteiger charge is -2.38. The predicted molar refractivity (Wildman–Crippen MR) is 117 cm³/mol. The minimum Gasteiger partial charge on any atom is -0.450 e. The van der Waals surface area contributed by atoms with Gasteiger partial charge in [0.25, 0.3) is 5.56 Å². The second-order valence-electron chi connectivity index (χ2n) is 8.01. The van der Waals surface area contributed by atoms with Crippen molar-refractivity contribution in [3.8, 4) is 22.5 Å². The quantitative estimate of drug-likeness (QED) is 0.497. The van der Waals surface area contributed by atoms with Crippen LogP contribution in [0.4, 0.5) is 4.39 Å². The summed E-state index contributed by atoms with van der Waals surface area (Å²) >= 11 is 0. The number of hydrogen-bond acceptors (Lipinski definition) is 3. The van der Waals surface area contributed by atoms with Gasteiger partial charge >= 0.3 is 0 Å². The molecule has 2 heterocycles. The maximum Gasteiger partial charge on any atom is 0.294 e. The average Bonchev–Trinajstić information content (AvgIpc) is 3.15. The molecule has 1 aliphatic rings. The number of nitrogens with two attached hydrogens (primary N) is 1. The van der Waals surface area contributed by atoms with Crippen LogP contribution < -0.4 is 11.3 Å². The Morgan fingerprint density at radius 2 is 1.73 bits per heavy atom. The monoisotopic (exact) mass is 402 g/mol. The summed E-state index contributed by atoms with van der Waals surface area (Å²) < 4.78 is 20.3. The van der Waals surface area contributed by atoms with Gasteiger partial charge in [0.15, 0.2) is 0 Å². The molecular weight excluding hydrogens is 379 g/mol. The fourth-order valence-corrected chi connectivity index (χ4v) is 4.29. The molecule has 2 N–H and O–H groups in total. The van der Waals surface area contributed by atoms with Crippen molar-refractivity contribution in [2.75, 3.05) is 6.67 Å². The molecule has 0 radical (unpaired) electrons. The van der Waals surface area contributed by atoms with Crippen LogP contribution in [0.1, 0.15) is 24.8 Å². The van der Waals surface area contributed by atoms with E-state index < -0.39 is 6.67 Å². The number of halogens is 1. The molecule has 1 saturated carbocycles. The number of fused-ring (bicyclic) bond motifs is 1. The lowest BCUT2D eigenvalue weighted by atomic mass is 9.72. The number of benzene rings is 2. The highest BCUT2D eigenvalue weighted by molar-refractivity contribution is 6.01. The van der Waals surface area contributed by atoms with Gasteiger partial charge in [-0.25, -0.2) is 4.39 Å². The van der Waals surface area contributed by atoms with Gasteiger partial charge in [-0.15, -0.1) is 0 Å². The second kappa shape index (κ2) is 7.26. The molecule has 5 heteroatoms. The average molecular weight is 402 g/mol. The third kappa shape index (κ3) is 2.97. The molecule has 0 aliphatic heterocycles. The van der Waals surface area contributed by atoms with E-state index in [2.05, 4.69) is 12.1 Å². The van der Waals surface area contributed by atoms with Gasteiger partial charge in [0.1, 0.15) is 12.4 Å². The number of furan rings is 1. The normalized spacial score (nSPS) is 15.3. The summed E-state index contributed by atoms with van der Waals surface area (Å²) in [6.45, 7) is -0.592. The number of aryl methyl sites for hydroxylation is 1. The van der Waals surface area contributed by atoms with Gasteiger partial charge in [-0.3, -0.25) is 4.79 Å². The molecule has 5 rings (SSSR count). The van der Waals surface area contributed by atoms with E-state index in [9.17, 15) is 9.18 Å². The molecule has 0 saturated heterocycles. The van der Waals surface area contributed by atoms with Crippen LogP contribution in [-0.2, 0) is 12.1 Å². The zero-order chi connectivity index (χ0) is 20.7. The highest BCUT2D eigenvalue weighted by Crippen LogP contribution is 2.42. The van der Waals surface area contributed by atoms with Crippen LogP contribution in [0.25, 0.3) is 33.4 Å². The smallest absolute Gasteiger partial charge is 0.294 e. The van der Waals surface area contributed by atoms with E-state index in [1.54, 1.807) is 6.20 Å². The zero-order valence-corrected chi connectivity index (χ0v) is 16.6. The minimum absolute atomic E-state index is 0.0127.